The quantitative estimate of drug-likeness (QED) is 0.485. The molecule has 0 rings (SSSR count). The molecule has 2 nitrogen and oxygen atoms in total. The zero-order valence-electron chi connectivity index (χ0n) is 5.88. The van der Waals surface area contributed by atoms with Crippen molar-refractivity contribution < 1.29 is 9.84 Å². The number of rotatable bonds is 4. The first-order chi connectivity index (χ1) is 4.70. The van der Waals surface area contributed by atoms with E-state index in [1.807, 2.05) is 0 Å². The van der Waals surface area contributed by atoms with Crippen molar-refractivity contribution in [1.29, 1.82) is 0 Å². The molecule has 0 aliphatic rings. The minimum Gasteiger partial charge on any atom is -0.389 e. The van der Waals surface area contributed by atoms with Gasteiger partial charge in [-0.1, -0.05) is 5.92 Å². The van der Waals surface area contributed by atoms with Crippen LogP contribution in [-0.4, -0.2) is 29.8 Å². The van der Waals surface area contributed by atoms with Gasteiger partial charge in [0.05, 0.1) is 18.6 Å². The van der Waals surface area contributed by atoms with E-state index < -0.39 is 6.10 Å². The van der Waals surface area contributed by atoms with E-state index in [4.69, 9.17) is 27.9 Å². The summed E-state index contributed by atoms with van der Waals surface area (Å²) in [7, 11) is 0. The zero-order valence-corrected chi connectivity index (χ0v) is 6.64. The van der Waals surface area contributed by atoms with Gasteiger partial charge in [0.15, 0.2) is 0 Å². The number of hydrogen-bond acceptors (Lipinski definition) is 2. The summed E-state index contributed by atoms with van der Waals surface area (Å²) >= 11 is 5.30. The van der Waals surface area contributed by atoms with E-state index in [-0.39, 0.29) is 18.6 Å². The minimum atomic E-state index is -0.613. The SMILES string of the molecule is C#C[C@H](C)OC[C@H](O)CCl. The Bertz CT molecular complexity index is 119. The van der Waals surface area contributed by atoms with Gasteiger partial charge in [0.25, 0.3) is 0 Å². The summed E-state index contributed by atoms with van der Waals surface area (Å²) in [4.78, 5) is 0. The topological polar surface area (TPSA) is 29.5 Å². The first-order valence-electron chi connectivity index (χ1n) is 3.02. The average Bonchev–Trinajstić information content (AvgIpc) is 1.99. The Labute approximate surface area is 66.1 Å². The number of halogens is 1. The zero-order chi connectivity index (χ0) is 7.98. The van der Waals surface area contributed by atoms with Crippen LogP contribution >= 0.6 is 11.6 Å². The normalized spacial score (nSPS) is 15.8. The van der Waals surface area contributed by atoms with Crippen LogP contribution < -0.4 is 0 Å². The van der Waals surface area contributed by atoms with Crippen molar-refractivity contribution in [3.05, 3.63) is 0 Å². The maximum absolute atomic E-state index is 8.88. The van der Waals surface area contributed by atoms with Crippen molar-refractivity contribution >= 4 is 11.6 Å². The van der Waals surface area contributed by atoms with Crippen molar-refractivity contribution in [3.8, 4) is 12.3 Å². The molecule has 0 aliphatic heterocycles. The van der Waals surface area contributed by atoms with E-state index in [0.717, 1.165) is 0 Å². The Morgan fingerprint density at radius 1 is 1.80 bits per heavy atom. The molecule has 0 amide bonds. The fourth-order valence-electron chi connectivity index (χ4n) is 0.348. The molecular formula is C7H11ClO2. The van der Waals surface area contributed by atoms with Gasteiger partial charge in [-0.25, -0.2) is 0 Å². The first-order valence-corrected chi connectivity index (χ1v) is 3.56. The second kappa shape index (κ2) is 5.55. The monoisotopic (exact) mass is 162 g/mol. The van der Waals surface area contributed by atoms with Crippen LogP contribution in [0.4, 0.5) is 0 Å². The second-order valence-corrected chi connectivity index (χ2v) is 2.26. The highest BCUT2D eigenvalue weighted by Gasteiger charge is 2.03. The average molecular weight is 163 g/mol. The molecule has 0 aromatic heterocycles. The van der Waals surface area contributed by atoms with E-state index in [0.29, 0.717) is 0 Å². The van der Waals surface area contributed by atoms with Crippen LogP contribution in [0.25, 0.3) is 0 Å². The molecule has 0 aromatic carbocycles. The molecule has 0 saturated heterocycles. The molecule has 10 heavy (non-hydrogen) atoms. The van der Waals surface area contributed by atoms with Crippen molar-refractivity contribution in [1.82, 2.24) is 0 Å². The Morgan fingerprint density at radius 3 is 2.80 bits per heavy atom. The summed E-state index contributed by atoms with van der Waals surface area (Å²) in [5.74, 6) is 2.55. The highest BCUT2D eigenvalue weighted by atomic mass is 35.5. The summed E-state index contributed by atoms with van der Waals surface area (Å²) in [6.45, 7) is 1.94. The fourth-order valence-corrected chi connectivity index (χ4v) is 0.437. The van der Waals surface area contributed by atoms with E-state index >= 15 is 0 Å². The predicted molar refractivity (Wildman–Crippen MR) is 41.0 cm³/mol. The van der Waals surface area contributed by atoms with Crippen LogP contribution in [0, 0.1) is 12.3 Å². The standard InChI is InChI=1S/C7H11ClO2/c1-3-6(2)10-5-7(9)4-8/h1,6-7,9H,4-5H2,2H3/t6-,7+/m0/s1. The number of hydrogen-bond donors (Lipinski definition) is 1. The largest absolute Gasteiger partial charge is 0.389 e. The van der Waals surface area contributed by atoms with Crippen molar-refractivity contribution in [2.75, 3.05) is 12.5 Å². The molecule has 58 valence electrons. The molecule has 2 atom stereocenters. The lowest BCUT2D eigenvalue weighted by Crippen LogP contribution is -2.20. The predicted octanol–water partition coefficient (Wildman–Crippen LogP) is 0.624. The molecule has 0 bridgehead atoms. The molecular weight excluding hydrogens is 152 g/mol. The van der Waals surface area contributed by atoms with E-state index in [1.165, 1.54) is 0 Å². The molecule has 0 saturated carbocycles. The first kappa shape index (κ1) is 9.77. The summed E-state index contributed by atoms with van der Waals surface area (Å²) in [6, 6.07) is 0. The Balaban J connectivity index is 3.28. The van der Waals surface area contributed by atoms with Crippen LogP contribution in [0.1, 0.15) is 6.92 Å². The maximum Gasteiger partial charge on any atom is 0.115 e. The van der Waals surface area contributed by atoms with Gasteiger partial charge in [-0.3, -0.25) is 0 Å². The number of aliphatic hydroxyl groups is 1. The lowest BCUT2D eigenvalue weighted by Gasteiger charge is -2.09. The third kappa shape index (κ3) is 4.63. The van der Waals surface area contributed by atoms with Gasteiger partial charge in [-0.2, -0.15) is 0 Å². The van der Waals surface area contributed by atoms with Crippen molar-refractivity contribution in [2.24, 2.45) is 0 Å². The molecule has 0 spiro atoms. The van der Waals surface area contributed by atoms with Gasteiger partial charge >= 0.3 is 0 Å². The highest BCUT2D eigenvalue weighted by Crippen LogP contribution is 1.93. The van der Waals surface area contributed by atoms with Crippen molar-refractivity contribution in [3.63, 3.8) is 0 Å². The van der Waals surface area contributed by atoms with Gasteiger partial charge in [-0.15, -0.1) is 18.0 Å². The molecule has 0 aliphatic carbocycles. The molecule has 0 radical (unpaired) electrons. The van der Waals surface area contributed by atoms with Gasteiger partial charge < -0.3 is 9.84 Å². The van der Waals surface area contributed by atoms with Crippen LogP contribution in [-0.2, 0) is 4.74 Å². The molecule has 3 heteroatoms. The highest BCUT2D eigenvalue weighted by molar-refractivity contribution is 6.18. The Kier molecular flexibility index (Phi) is 5.42. The third-order valence-electron chi connectivity index (χ3n) is 0.951. The lowest BCUT2D eigenvalue weighted by atomic mass is 10.4. The van der Waals surface area contributed by atoms with Gasteiger partial charge in [0.2, 0.25) is 0 Å². The summed E-state index contributed by atoms with van der Waals surface area (Å²) < 4.78 is 4.97. The van der Waals surface area contributed by atoms with Crippen LogP contribution in [0.3, 0.4) is 0 Å². The summed E-state index contributed by atoms with van der Waals surface area (Å²) in [5.41, 5.74) is 0. The Morgan fingerprint density at radius 2 is 2.40 bits per heavy atom. The van der Waals surface area contributed by atoms with Crippen LogP contribution in [0.5, 0.6) is 0 Å². The molecule has 0 fully saturated rings. The number of alkyl halides is 1. The smallest absolute Gasteiger partial charge is 0.115 e. The molecule has 0 heterocycles. The number of ether oxygens (including phenoxy) is 1. The summed E-state index contributed by atoms with van der Waals surface area (Å²) in [5, 5.41) is 8.88. The molecule has 1 N–H and O–H groups in total. The van der Waals surface area contributed by atoms with E-state index in [2.05, 4.69) is 5.92 Å². The minimum absolute atomic E-state index is 0.178. The van der Waals surface area contributed by atoms with Gasteiger partial charge in [0.1, 0.15) is 6.10 Å². The molecule has 0 aromatic rings. The van der Waals surface area contributed by atoms with Crippen molar-refractivity contribution in [2.45, 2.75) is 19.1 Å². The second-order valence-electron chi connectivity index (χ2n) is 1.95. The lowest BCUT2D eigenvalue weighted by molar-refractivity contribution is 0.0297. The van der Waals surface area contributed by atoms with Crippen LogP contribution in [0.15, 0.2) is 0 Å². The van der Waals surface area contributed by atoms with Crippen LogP contribution in [0.2, 0.25) is 0 Å². The number of aliphatic hydroxyl groups excluding tert-OH is 1. The van der Waals surface area contributed by atoms with Gasteiger partial charge in [0, 0.05) is 0 Å². The maximum atomic E-state index is 8.88. The summed E-state index contributed by atoms with van der Waals surface area (Å²) in [6.07, 6.45) is 4.14. The molecule has 0 unspecified atom stereocenters. The third-order valence-corrected chi connectivity index (χ3v) is 1.31. The van der Waals surface area contributed by atoms with E-state index in [9.17, 15) is 0 Å². The fraction of sp³-hybridized carbons (Fsp3) is 0.714. The number of terminal acetylenes is 1. The van der Waals surface area contributed by atoms with Gasteiger partial charge in [-0.05, 0) is 6.92 Å². The van der Waals surface area contributed by atoms with E-state index in [1.54, 1.807) is 6.92 Å². The Hall–Kier alpha value is -0.230.